The lowest BCUT2D eigenvalue weighted by molar-refractivity contribution is 0.359. The van der Waals surface area contributed by atoms with Gasteiger partial charge in [0.2, 0.25) is 0 Å². The molecule has 0 aliphatic heterocycles. The number of rotatable bonds is 8. The van der Waals surface area contributed by atoms with E-state index in [0.29, 0.717) is 0 Å². The molecule has 0 aromatic carbocycles. The van der Waals surface area contributed by atoms with Gasteiger partial charge in [0.25, 0.3) is 0 Å². The van der Waals surface area contributed by atoms with Crippen molar-refractivity contribution in [3.63, 3.8) is 0 Å². The molecule has 0 N–H and O–H groups in total. The van der Waals surface area contributed by atoms with Crippen LogP contribution >= 0.6 is 24.4 Å². The van der Waals surface area contributed by atoms with Crippen LogP contribution in [0.1, 0.15) is 53.4 Å². The summed E-state index contributed by atoms with van der Waals surface area (Å²) < 4.78 is 0. The quantitative estimate of drug-likeness (QED) is 0.629. The summed E-state index contributed by atoms with van der Waals surface area (Å²) in [6.45, 7) is 12.7. The van der Waals surface area contributed by atoms with Gasteiger partial charge in [0.15, 0.2) is 10.2 Å². The lowest BCUT2D eigenvalue weighted by Gasteiger charge is -2.35. The van der Waals surface area contributed by atoms with Crippen LogP contribution < -0.4 is 0 Å². The maximum atomic E-state index is 5.63. The molecular formula is C15H31N3S2. The summed E-state index contributed by atoms with van der Waals surface area (Å²) in [6.07, 6.45) is 4.42. The van der Waals surface area contributed by atoms with Crippen molar-refractivity contribution in [2.24, 2.45) is 0 Å². The van der Waals surface area contributed by atoms with Crippen LogP contribution in [0.25, 0.3) is 0 Å². The Morgan fingerprint density at radius 2 is 0.900 bits per heavy atom. The van der Waals surface area contributed by atoms with Crippen molar-refractivity contribution in [2.45, 2.75) is 53.4 Å². The zero-order valence-corrected chi connectivity index (χ0v) is 15.4. The van der Waals surface area contributed by atoms with Crippen LogP contribution in [0, 0.1) is 0 Å². The molecule has 5 heteroatoms. The van der Waals surface area contributed by atoms with Crippen LogP contribution in [0.5, 0.6) is 0 Å². The monoisotopic (exact) mass is 317 g/mol. The average molecular weight is 318 g/mol. The number of thiocarbonyl (C=S) groups is 2. The van der Waals surface area contributed by atoms with E-state index in [1.54, 1.807) is 0 Å². The van der Waals surface area contributed by atoms with Crippen LogP contribution in [-0.2, 0) is 0 Å². The van der Waals surface area contributed by atoms with E-state index in [2.05, 4.69) is 37.5 Å². The molecule has 0 atom stereocenters. The number of hydrogen-bond donors (Lipinski definition) is 0. The highest BCUT2D eigenvalue weighted by Gasteiger charge is 2.19. The highest BCUT2D eigenvalue weighted by Crippen LogP contribution is 2.07. The van der Waals surface area contributed by atoms with E-state index < -0.39 is 0 Å². The summed E-state index contributed by atoms with van der Waals surface area (Å²) in [5.74, 6) is 0. The lowest BCUT2D eigenvalue weighted by Crippen LogP contribution is -2.50. The van der Waals surface area contributed by atoms with Crippen molar-refractivity contribution < 1.29 is 0 Å². The molecule has 0 bridgehead atoms. The van der Waals surface area contributed by atoms with E-state index in [9.17, 15) is 0 Å². The lowest BCUT2D eigenvalue weighted by atomic mass is 10.3. The van der Waals surface area contributed by atoms with Crippen molar-refractivity contribution in [3.05, 3.63) is 0 Å². The second-order valence-electron chi connectivity index (χ2n) is 5.10. The molecule has 0 saturated heterocycles. The first-order valence-electron chi connectivity index (χ1n) is 7.84. The van der Waals surface area contributed by atoms with Gasteiger partial charge in [0, 0.05) is 33.2 Å². The van der Waals surface area contributed by atoms with E-state index in [0.717, 1.165) is 62.1 Å². The Bertz CT molecular complexity index is 255. The molecule has 0 spiro atoms. The third kappa shape index (κ3) is 6.35. The Labute approximate surface area is 136 Å². The van der Waals surface area contributed by atoms with Crippen molar-refractivity contribution in [1.29, 1.82) is 0 Å². The van der Waals surface area contributed by atoms with Crippen LogP contribution in [0.3, 0.4) is 0 Å². The second-order valence-corrected chi connectivity index (χ2v) is 5.83. The molecule has 0 radical (unpaired) electrons. The van der Waals surface area contributed by atoms with Gasteiger partial charge in [-0.3, -0.25) is 4.90 Å². The first-order chi connectivity index (χ1) is 9.53. The average Bonchev–Trinajstić information content (AvgIpc) is 2.44. The summed E-state index contributed by atoms with van der Waals surface area (Å²) in [7, 11) is 2.00. The zero-order valence-electron chi connectivity index (χ0n) is 13.8. The fourth-order valence-electron chi connectivity index (χ4n) is 2.19. The van der Waals surface area contributed by atoms with Crippen LogP contribution in [0.4, 0.5) is 0 Å². The van der Waals surface area contributed by atoms with Crippen molar-refractivity contribution in [1.82, 2.24) is 14.7 Å². The number of nitrogens with zero attached hydrogens (tertiary/aromatic N) is 3. The first-order valence-corrected chi connectivity index (χ1v) is 8.66. The van der Waals surface area contributed by atoms with E-state index >= 15 is 0 Å². The van der Waals surface area contributed by atoms with Gasteiger partial charge in [0.1, 0.15) is 0 Å². The van der Waals surface area contributed by atoms with Crippen LogP contribution in [0.2, 0.25) is 0 Å². The largest absolute Gasteiger partial charge is 0.349 e. The maximum Gasteiger partial charge on any atom is 0.177 e. The minimum atomic E-state index is 0.857. The Kier molecular flexibility index (Phi) is 11.0. The molecule has 0 saturated carbocycles. The smallest absolute Gasteiger partial charge is 0.177 e. The van der Waals surface area contributed by atoms with Gasteiger partial charge < -0.3 is 9.80 Å². The molecule has 0 fully saturated rings. The normalized spacial score (nSPS) is 10.2. The van der Waals surface area contributed by atoms with Crippen LogP contribution in [-0.4, -0.2) is 58.2 Å². The van der Waals surface area contributed by atoms with E-state index in [1.165, 1.54) is 0 Å². The zero-order chi connectivity index (χ0) is 15.5. The van der Waals surface area contributed by atoms with E-state index in [4.69, 9.17) is 24.4 Å². The minimum absolute atomic E-state index is 0.857. The van der Waals surface area contributed by atoms with Gasteiger partial charge in [-0.25, -0.2) is 0 Å². The fourth-order valence-corrected chi connectivity index (χ4v) is 2.79. The Hall–Kier alpha value is -0.420. The van der Waals surface area contributed by atoms with Gasteiger partial charge in [-0.2, -0.15) is 0 Å². The highest BCUT2D eigenvalue weighted by molar-refractivity contribution is 7.81. The second kappa shape index (κ2) is 11.3. The molecule has 0 amide bonds. The molecule has 20 heavy (non-hydrogen) atoms. The number of hydrogen-bond acceptors (Lipinski definition) is 2. The van der Waals surface area contributed by atoms with Gasteiger partial charge in [-0.1, -0.05) is 27.7 Å². The van der Waals surface area contributed by atoms with E-state index in [-0.39, 0.29) is 0 Å². The molecule has 3 nitrogen and oxygen atoms in total. The molecule has 0 aliphatic rings. The van der Waals surface area contributed by atoms with E-state index in [1.807, 2.05) is 11.9 Å². The summed E-state index contributed by atoms with van der Waals surface area (Å²) >= 11 is 11.3. The van der Waals surface area contributed by atoms with Gasteiger partial charge in [-0.05, 0) is 50.1 Å². The van der Waals surface area contributed by atoms with Crippen molar-refractivity contribution >= 4 is 34.7 Å². The Balaban J connectivity index is 4.76. The van der Waals surface area contributed by atoms with Gasteiger partial charge in [0.05, 0.1) is 0 Å². The molecule has 0 rings (SSSR count). The summed E-state index contributed by atoms with van der Waals surface area (Å²) in [5.41, 5.74) is 0. The summed E-state index contributed by atoms with van der Waals surface area (Å²) in [4.78, 5) is 6.52. The summed E-state index contributed by atoms with van der Waals surface area (Å²) in [6, 6.07) is 0. The highest BCUT2D eigenvalue weighted by atomic mass is 32.1. The molecular weight excluding hydrogens is 286 g/mol. The SMILES string of the molecule is CCCN(CCC)C(=S)N(C)C(=S)N(CCC)CCC. The fraction of sp³-hybridized carbons (Fsp3) is 0.867. The molecule has 0 unspecified atom stereocenters. The predicted octanol–water partition coefficient (Wildman–Crippen LogP) is 3.73. The topological polar surface area (TPSA) is 9.72 Å². The molecule has 0 aromatic rings. The predicted molar refractivity (Wildman–Crippen MR) is 97.3 cm³/mol. The third-order valence-corrected chi connectivity index (χ3v) is 4.15. The summed E-state index contributed by atoms with van der Waals surface area (Å²) in [5, 5.41) is 1.71. The molecule has 0 aliphatic carbocycles. The minimum Gasteiger partial charge on any atom is -0.349 e. The molecule has 0 heterocycles. The first kappa shape index (κ1) is 19.6. The van der Waals surface area contributed by atoms with Gasteiger partial charge in [-0.15, -0.1) is 0 Å². The Morgan fingerprint density at radius 1 is 0.650 bits per heavy atom. The van der Waals surface area contributed by atoms with Crippen LogP contribution in [0.15, 0.2) is 0 Å². The van der Waals surface area contributed by atoms with Gasteiger partial charge >= 0.3 is 0 Å². The standard InChI is InChI=1S/C15H31N3S2/c1-6-10-17(11-7-2)14(19)16(5)15(20)18(12-8-3)13-9-4/h6-13H2,1-5H3. The molecule has 118 valence electrons. The van der Waals surface area contributed by atoms with Crippen molar-refractivity contribution in [2.75, 3.05) is 33.2 Å². The molecule has 0 aromatic heterocycles. The third-order valence-electron chi connectivity index (χ3n) is 3.09. The van der Waals surface area contributed by atoms with Crippen molar-refractivity contribution in [3.8, 4) is 0 Å². The maximum absolute atomic E-state index is 5.63. The Morgan fingerprint density at radius 3 is 1.10 bits per heavy atom.